The van der Waals surface area contributed by atoms with Gasteiger partial charge in [0.05, 0.1) is 4.90 Å². The van der Waals surface area contributed by atoms with Crippen molar-refractivity contribution in [3.8, 4) is 10.6 Å². The second-order valence-corrected chi connectivity index (χ2v) is 6.85. The van der Waals surface area contributed by atoms with Crippen molar-refractivity contribution >= 4 is 27.0 Å². The largest absolute Gasteiger partial charge is 0.280 e. The minimum absolute atomic E-state index is 0.226. The zero-order chi connectivity index (χ0) is 14.7. The van der Waals surface area contributed by atoms with Gasteiger partial charge in [-0.1, -0.05) is 36.4 Å². The lowest BCUT2D eigenvalue weighted by molar-refractivity contribution is 0.601. The lowest BCUT2D eigenvalue weighted by atomic mass is 10.2. The molecule has 0 aliphatic carbocycles. The van der Waals surface area contributed by atoms with Crippen molar-refractivity contribution in [3.63, 3.8) is 0 Å². The number of aromatic nitrogens is 1. The van der Waals surface area contributed by atoms with Gasteiger partial charge in [0.2, 0.25) is 0 Å². The van der Waals surface area contributed by atoms with Gasteiger partial charge in [0.25, 0.3) is 10.0 Å². The Hall–Kier alpha value is -2.18. The van der Waals surface area contributed by atoms with Crippen LogP contribution < -0.4 is 4.72 Å². The van der Waals surface area contributed by atoms with E-state index < -0.39 is 10.0 Å². The molecule has 1 heterocycles. The zero-order valence-corrected chi connectivity index (χ0v) is 12.6. The summed E-state index contributed by atoms with van der Waals surface area (Å²) in [4.78, 5) is 4.42. The molecule has 1 N–H and O–H groups in total. The normalized spacial score (nSPS) is 11.2. The average Bonchev–Trinajstić information content (AvgIpc) is 3.02. The van der Waals surface area contributed by atoms with Gasteiger partial charge < -0.3 is 0 Å². The third-order valence-electron chi connectivity index (χ3n) is 2.87. The van der Waals surface area contributed by atoms with E-state index in [4.69, 9.17) is 0 Å². The monoisotopic (exact) mass is 316 g/mol. The Morgan fingerprint density at radius 1 is 0.952 bits per heavy atom. The van der Waals surface area contributed by atoms with E-state index in [2.05, 4.69) is 9.71 Å². The third-order valence-corrected chi connectivity index (χ3v) is 5.11. The summed E-state index contributed by atoms with van der Waals surface area (Å²) in [6.45, 7) is 0. The van der Waals surface area contributed by atoms with Gasteiger partial charge in [-0.25, -0.2) is 13.4 Å². The fraction of sp³-hybridized carbons (Fsp3) is 0. The van der Waals surface area contributed by atoms with E-state index in [1.54, 1.807) is 54.7 Å². The van der Waals surface area contributed by atoms with E-state index in [0.717, 1.165) is 0 Å². The van der Waals surface area contributed by atoms with Gasteiger partial charge in [0.15, 0.2) is 0 Å². The number of anilines is 1. The molecular weight excluding hydrogens is 304 g/mol. The van der Waals surface area contributed by atoms with Gasteiger partial charge in [-0.2, -0.15) is 0 Å². The Morgan fingerprint density at radius 2 is 1.67 bits per heavy atom. The summed E-state index contributed by atoms with van der Waals surface area (Å²) in [6, 6.07) is 15.7. The van der Waals surface area contributed by atoms with Crippen LogP contribution in [0.4, 0.5) is 5.69 Å². The number of hydrogen-bond acceptors (Lipinski definition) is 4. The predicted octanol–water partition coefficient (Wildman–Crippen LogP) is 3.61. The number of thiazole rings is 1. The van der Waals surface area contributed by atoms with E-state index in [1.165, 1.54) is 11.3 Å². The Balaban J connectivity index is 2.04. The van der Waals surface area contributed by atoms with Crippen LogP contribution in [0.1, 0.15) is 0 Å². The molecule has 0 fully saturated rings. The van der Waals surface area contributed by atoms with Crippen LogP contribution in [0.3, 0.4) is 0 Å². The molecule has 106 valence electrons. The van der Waals surface area contributed by atoms with Crippen molar-refractivity contribution in [2.45, 2.75) is 4.90 Å². The van der Waals surface area contributed by atoms with E-state index in [0.29, 0.717) is 16.3 Å². The molecule has 0 radical (unpaired) electrons. The van der Waals surface area contributed by atoms with Crippen LogP contribution in [-0.4, -0.2) is 13.4 Å². The van der Waals surface area contributed by atoms with E-state index in [-0.39, 0.29) is 4.90 Å². The van der Waals surface area contributed by atoms with Crippen molar-refractivity contribution in [1.82, 2.24) is 4.98 Å². The van der Waals surface area contributed by atoms with Gasteiger partial charge in [-0.3, -0.25) is 4.72 Å². The predicted molar refractivity (Wildman–Crippen MR) is 84.8 cm³/mol. The lowest BCUT2D eigenvalue weighted by Gasteiger charge is -2.10. The Labute approximate surface area is 127 Å². The maximum Gasteiger partial charge on any atom is 0.262 e. The number of nitrogens with one attached hydrogen (secondary N) is 1. The molecule has 3 rings (SSSR count). The molecule has 0 amide bonds. The first-order valence-corrected chi connectivity index (χ1v) is 8.60. The minimum Gasteiger partial charge on any atom is -0.280 e. The maximum atomic E-state index is 12.6. The highest BCUT2D eigenvalue weighted by Crippen LogP contribution is 2.29. The second kappa shape index (κ2) is 5.67. The smallest absolute Gasteiger partial charge is 0.262 e. The molecule has 0 bridgehead atoms. The summed E-state index contributed by atoms with van der Waals surface area (Å²) in [7, 11) is -3.65. The highest BCUT2D eigenvalue weighted by molar-refractivity contribution is 7.92. The number of rotatable bonds is 4. The summed E-state index contributed by atoms with van der Waals surface area (Å²) in [5.41, 5.74) is 1.14. The fourth-order valence-corrected chi connectivity index (χ4v) is 3.96. The summed E-state index contributed by atoms with van der Waals surface area (Å²) < 4.78 is 27.8. The number of benzene rings is 2. The summed E-state index contributed by atoms with van der Waals surface area (Å²) in [6.07, 6.45) is 1.66. The van der Waals surface area contributed by atoms with E-state index in [9.17, 15) is 8.42 Å². The van der Waals surface area contributed by atoms with Crippen molar-refractivity contribution in [2.24, 2.45) is 0 Å². The first kappa shape index (κ1) is 13.8. The molecule has 0 aliphatic heterocycles. The number of sulfonamides is 1. The van der Waals surface area contributed by atoms with Gasteiger partial charge in [0, 0.05) is 22.8 Å². The molecule has 2 aromatic carbocycles. The molecule has 0 saturated carbocycles. The second-order valence-electron chi connectivity index (χ2n) is 4.30. The van der Waals surface area contributed by atoms with Crippen LogP contribution >= 0.6 is 11.3 Å². The van der Waals surface area contributed by atoms with E-state index in [1.807, 2.05) is 11.4 Å². The Bertz CT molecular complexity index is 829. The van der Waals surface area contributed by atoms with Gasteiger partial charge in [-0.05, 0) is 18.2 Å². The zero-order valence-electron chi connectivity index (χ0n) is 10.9. The first-order valence-electron chi connectivity index (χ1n) is 6.23. The van der Waals surface area contributed by atoms with Gasteiger partial charge in [0.1, 0.15) is 5.01 Å². The van der Waals surface area contributed by atoms with Gasteiger partial charge in [-0.15, -0.1) is 11.3 Å². The van der Waals surface area contributed by atoms with Crippen molar-refractivity contribution < 1.29 is 8.42 Å². The van der Waals surface area contributed by atoms with Gasteiger partial charge >= 0.3 is 0 Å². The van der Waals surface area contributed by atoms with E-state index >= 15 is 0 Å². The molecule has 1 aromatic heterocycles. The highest BCUT2D eigenvalue weighted by atomic mass is 32.2. The minimum atomic E-state index is -3.65. The highest BCUT2D eigenvalue weighted by Gasteiger charge is 2.20. The maximum absolute atomic E-state index is 12.6. The molecule has 0 aliphatic rings. The molecule has 0 atom stereocenters. The molecule has 0 unspecified atom stereocenters. The van der Waals surface area contributed by atoms with Crippen LogP contribution in [0.25, 0.3) is 10.6 Å². The molecule has 3 aromatic rings. The summed E-state index contributed by atoms with van der Waals surface area (Å²) >= 11 is 1.41. The summed E-state index contributed by atoms with van der Waals surface area (Å²) in [5.74, 6) is 0. The quantitative estimate of drug-likeness (QED) is 0.800. The third kappa shape index (κ3) is 2.96. The SMILES string of the molecule is O=S(=O)(Nc1ccccc1)c1ccccc1-c1nccs1. The standard InChI is InChI=1S/C15H12N2O2S2/c18-21(19,17-12-6-2-1-3-7-12)14-9-5-4-8-13(14)15-16-10-11-20-15/h1-11,17H. The average molecular weight is 316 g/mol. The van der Waals surface area contributed by atoms with Crippen LogP contribution in [-0.2, 0) is 10.0 Å². The lowest BCUT2D eigenvalue weighted by Crippen LogP contribution is -2.13. The first-order chi connectivity index (χ1) is 10.2. The number of para-hydroxylation sites is 1. The van der Waals surface area contributed by atoms with Crippen molar-refractivity contribution in [2.75, 3.05) is 4.72 Å². The van der Waals surface area contributed by atoms with Crippen LogP contribution in [0, 0.1) is 0 Å². The molecule has 0 spiro atoms. The topological polar surface area (TPSA) is 59.1 Å². The van der Waals surface area contributed by atoms with Crippen molar-refractivity contribution in [1.29, 1.82) is 0 Å². The molecule has 0 saturated heterocycles. The number of nitrogens with zero attached hydrogens (tertiary/aromatic N) is 1. The Kier molecular flexibility index (Phi) is 3.72. The van der Waals surface area contributed by atoms with Crippen LogP contribution in [0.5, 0.6) is 0 Å². The number of hydrogen-bond donors (Lipinski definition) is 1. The van der Waals surface area contributed by atoms with Crippen molar-refractivity contribution in [3.05, 3.63) is 66.2 Å². The molecular formula is C15H12N2O2S2. The molecule has 21 heavy (non-hydrogen) atoms. The molecule has 6 heteroatoms. The fourth-order valence-electron chi connectivity index (χ4n) is 1.95. The van der Waals surface area contributed by atoms with Crippen LogP contribution in [0.15, 0.2) is 71.1 Å². The van der Waals surface area contributed by atoms with Crippen LogP contribution in [0.2, 0.25) is 0 Å². The summed E-state index contributed by atoms with van der Waals surface area (Å²) in [5, 5.41) is 2.51. The molecule has 4 nitrogen and oxygen atoms in total. The Morgan fingerprint density at radius 3 is 2.38 bits per heavy atom.